The molecule has 0 saturated heterocycles. The van der Waals surface area contributed by atoms with Gasteiger partial charge >= 0.3 is 5.97 Å². The Morgan fingerprint density at radius 3 is 1.58 bits per heavy atom. The summed E-state index contributed by atoms with van der Waals surface area (Å²) in [6.45, 7) is 15.6. The van der Waals surface area contributed by atoms with Gasteiger partial charge in [-0.05, 0) is 55.2 Å². The van der Waals surface area contributed by atoms with Gasteiger partial charge in [0.2, 0.25) is 29.5 Å². The van der Waals surface area contributed by atoms with E-state index in [4.69, 9.17) is 4.74 Å². The number of carboxylic acid groups (broad SMARTS) is 1. The molecule has 7 atom stereocenters. The lowest BCUT2D eigenvalue weighted by molar-refractivity contribution is -0.140. The van der Waals surface area contributed by atoms with Gasteiger partial charge < -0.3 is 46.6 Å². The van der Waals surface area contributed by atoms with Crippen molar-refractivity contribution in [1.82, 2.24) is 26.6 Å². The van der Waals surface area contributed by atoms with E-state index in [1.165, 1.54) is 14.0 Å². The largest absolute Gasteiger partial charge is 0.497 e. The van der Waals surface area contributed by atoms with Crippen LogP contribution in [-0.2, 0) is 35.2 Å². The number of ether oxygens (including phenoxy) is 1. The maximum absolute atomic E-state index is 13.5. The molecule has 0 aliphatic rings. The summed E-state index contributed by atoms with van der Waals surface area (Å²) in [4.78, 5) is 76.6. The molecule has 5 amide bonds. The molecule has 8 N–H and O–H groups in total. The van der Waals surface area contributed by atoms with Crippen LogP contribution in [0, 0.1) is 23.7 Å². The van der Waals surface area contributed by atoms with Crippen molar-refractivity contribution in [1.29, 1.82) is 0 Å². The molecule has 52 heavy (non-hydrogen) atoms. The first kappa shape index (κ1) is 45.8. The van der Waals surface area contributed by atoms with Gasteiger partial charge in [-0.25, -0.2) is 0 Å². The maximum Gasteiger partial charge on any atom is 0.306 e. The second kappa shape index (κ2) is 22.0. The van der Waals surface area contributed by atoms with E-state index >= 15 is 0 Å². The maximum atomic E-state index is 13.5. The molecule has 0 bridgehead atoms. The monoisotopic (exact) mass is 735 g/mol. The summed E-state index contributed by atoms with van der Waals surface area (Å²) < 4.78 is 5.15. The number of nitrogens with one attached hydrogen (secondary N) is 5. The molecule has 1 aromatic rings. The zero-order valence-electron chi connectivity index (χ0n) is 32.2. The lowest BCUT2D eigenvalue weighted by Gasteiger charge is -2.31. The van der Waals surface area contributed by atoms with Crippen LogP contribution in [0.5, 0.6) is 5.75 Å². The molecule has 0 saturated carbocycles. The summed E-state index contributed by atoms with van der Waals surface area (Å²) >= 11 is 0. The predicted molar refractivity (Wildman–Crippen MR) is 195 cm³/mol. The third kappa shape index (κ3) is 16.0. The minimum atomic E-state index is -1.43. The van der Waals surface area contributed by atoms with Gasteiger partial charge in [0.05, 0.1) is 44.2 Å². The summed E-state index contributed by atoms with van der Waals surface area (Å²) in [5.41, 5.74) is 0.700. The number of hydrogen-bond donors (Lipinski definition) is 8. The molecule has 0 aliphatic carbocycles. The fourth-order valence-corrected chi connectivity index (χ4v) is 5.35. The van der Waals surface area contributed by atoms with Crippen LogP contribution in [-0.4, -0.2) is 100 Å². The second-order valence-corrected chi connectivity index (χ2v) is 14.8. The number of aliphatic hydroxyl groups is 2. The third-order valence-electron chi connectivity index (χ3n) is 8.49. The number of aliphatic hydroxyl groups excluding tert-OH is 2. The second-order valence-electron chi connectivity index (χ2n) is 14.8. The van der Waals surface area contributed by atoms with Crippen molar-refractivity contribution in [3.05, 3.63) is 29.8 Å². The summed E-state index contributed by atoms with van der Waals surface area (Å²) in [5, 5.41) is 44.4. The van der Waals surface area contributed by atoms with E-state index in [0.717, 1.165) is 0 Å². The number of aliphatic carboxylic acids is 1. The van der Waals surface area contributed by atoms with Crippen LogP contribution in [0.2, 0.25) is 0 Å². The molecule has 1 unspecified atom stereocenters. The molecule has 294 valence electrons. The SMILES string of the molecule is COc1ccc(C[C@H](NC(=O)[C@H](C)NC(=O)C[C@H](O)[C@H](CC(C)C)NC(=O)[C@@H](NC(=O)C(NC(=O)C(C)C)C(C)C)C(C)C)[C@@H](O)CC(=O)O)cc1. The number of rotatable bonds is 22. The standard InChI is InChI=1S/C37H61N5O10/c1-19(2)15-26(40-36(50)32(20(3)4)42-37(51)33(21(5)6)41-34(48)22(7)8)28(43)17-30(45)38-23(9)35(49)39-27(29(44)18-31(46)47)16-24-11-13-25(52-10)14-12-24/h11-14,19-23,26-29,32-33,43-44H,15-18H2,1-10H3,(H,38,45)(H,39,49)(H,40,50)(H,41,48)(H,42,51)(H,46,47)/t23-,26-,27-,28-,29-,32-,33?/m0/s1. The van der Waals surface area contributed by atoms with Crippen LogP contribution >= 0.6 is 0 Å². The Labute approximate surface area is 307 Å². The normalized spacial score (nSPS) is 15.5. The molecular weight excluding hydrogens is 674 g/mol. The Morgan fingerprint density at radius 1 is 0.635 bits per heavy atom. The number of methoxy groups -OCH3 is 1. The minimum Gasteiger partial charge on any atom is -0.497 e. The van der Waals surface area contributed by atoms with Crippen molar-refractivity contribution in [2.45, 2.75) is 130 Å². The highest BCUT2D eigenvalue weighted by molar-refractivity contribution is 5.93. The van der Waals surface area contributed by atoms with Gasteiger partial charge in [-0.3, -0.25) is 28.8 Å². The van der Waals surface area contributed by atoms with Gasteiger partial charge in [0, 0.05) is 5.92 Å². The number of hydrogen-bond acceptors (Lipinski definition) is 9. The quantitative estimate of drug-likeness (QED) is 0.0850. The van der Waals surface area contributed by atoms with Crippen molar-refractivity contribution in [3.8, 4) is 5.75 Å². The van der Waals surface area contributed by atoms with Gasteiger partial charge in [-0.15, -0.1) is 0 Å². The van der Waals surface area contributed by atoms with Gasteiger partial charge in [0.15, 0.2) is 0 Å². The van der Waals surface area contributed by atoms with Crippen molar-refractivity contribution in [3.63, 3.8) is 0 Å². The smallest absolute Gasteiger partial charge is 0.306 e. The van der Waals surface area contributed by atoms with Gasteiger partial charge in [-0.2, -0.15) is 0 Å². The van der Waals surface area contributed by atoms with E-state index in [1.807, 2.05) is 13.8 Å². The highest BCUT2D eigenvalue weighted by Gasteiger charge is 2.34. The molecule has 15 nitrogen and oxygen atoms in total. The van der Waals surface area contributed by atoms with Crippen LogP contribution in [0.4, 0.5) is 0 Å². The molecule has 0 aliphatic heterocycles. The Kier molecular flexibility index (Phi) is 19.3. The molecule has 1 aromatic carbocycles. The average molecular weight is 736 g/mol. The van der Waals surface area contributed by atoms with Crippen molar-refractivity contribution in [2.75, 3.05) is 7.11 Å². The molecular formula is C37H61N5O10. The van der Waals surface area contributed by atoms with E-state index in [2.05, 4.69) is 26.6 Å². The summed E-state index contributed by atoms with van der Waals surface area (Å²) in [6.07, 6.45) is -3.49. The van der Waals surface area contributed by atoms with Gasteiger partial charge in [0.25, 0.3) is 0 Å². The number of carbonyl (C=O) groups excluding carboxylic acids is 5. The lowest BCUT2D eigenvalue weighted by atomic mass is 9.95. The lowest BCUT2D eigenvalue weighted by Crippen LogP contribution is -2.59. The molecule has 1 rings (SSSR count). The first-order chi connectivity index (χ1) is 24.2. The van der Waals surface area contributed by atoms with E-state index < -0.39 is 84.9 Å². The van der Waals surface area contributed by atoms with Crippen molar-refractivity contribution >= 4 is 35.5 Å². The first-order valence-corrected chi connectivity index (χ1v) is 17.9. The summed E-state index contributed by atoms with van der Waals surface area (Å²) in [7, 11) is 1.51. The number of benzene rings is 1. The summed E-state index contributed by atoms with van der Waals surface area (Å²) in [5.74, 6) is -4.38. The van der Waals surface area contributed by atoms with E-state index in [-0.39, 0.29) is 36.0 Å². The summed E-state index contributed by atoms with van der Waals surface area (Å²) in [6, 6.07) is 1.93. The molecule has 0 fully saturated rings. The predicted octanol–water partition coefficient (Wildman–Crippen LogP) is 1.28. The Morgan fingerprint density at radius 2 is 1.12 bits per heavy atom. The van der Waals surface area contributed by atoms with E-state index in [0.29, 0.717) is 17.7 Å². The fourth-order valence-electron chi connectivity index (χ4n) is 5.35. The zero-order chi connectivity index (χ0) is 39.9. The van der Waals surface area contributed by atoms with Crippen LogP contribution in [0.25, 0.3) is 0 Å². The van der Waals surface area contributed by atoms with Crippen LogP contribution < -0.4 is 31.3 Å². The third-order valence-corrected chi connectivity index (χ3v) is 8.49. The molecule has 0 radical (unpaired) electrons. The number of carbonyl (C=O) groups is 6. The Bertz CT molecular complexity index is 1330. The molecule has 15 heteroatoms. The van der Waals surface area contributed by atoms with E-state index in [9.17, 15) is 44.1 Å². The average Bonchev–Trinajstić information content (AvgIpc) is 3.04. The van der Waals surface area contributed by atoms with E-state index in [1.54, 1.807) is 65.8 Å². The molecule has 0 heterocycles. The molecule has 0 spiro atoms. The molecule has 0 aromatic heterocycles. The fraction of sp³-hybridized carbons (Fsp3) is 0.676. The Hall–Kier alpha value is -4.24. The minimum absolute atomic E-state index is 0.00349. The van der Waals surface area contributed by atoms with Crippen molar-refractivity contribution < 1.29 is 48.8 Å². The highest BCUT2D eigenvalue weighted by Crippen LogP contribution is 2.16. The topological polar surface area (TPSA) is 232 Å². The van der Waals surface area contributed by atoms with Gasteiger partial charge in [-0.1, -0.05) is 67.5 Å². The number of carboxylic acids is 1. The highest BCUT2D eigenvalue weighted by atomic mass is 16.5. The Balaban J connectivity index is 3.00. The van der Waals surface area contributed by atoms with Crippen LogP contribution in [0.3, 0.4) is 0 Å². The van der Waals surface area contributed by atoms with Gasteiger partial charge in [0.1, 0.15) is 23.9 Å². The first-order valence-electron chi connectivity index (χ1n) is 17.9. The van der Waals surface area contributed by atoms with Crippen LogP contribution in [0.1, 0.15) is 87.1 Å². The van der Waals surface area contributed by atoms with Crippen LogP contribution in [0.15, 0.2) is 24.3 Å². The van der Waals surface area contributed by atoms with Crippen molar-refractivity contribution in [2.24, 2.45) is 23.7 Å². The number of amides is 5. The zero-order valence-corrected chi connectivity index (χ0v) is 32.2.